The van der Waals surface area contributed by atoms with Gasteiger partial charge in [-0.25, -0.2) is 4.79 Å². The van der Waals surface area contributed by atoms with Gasteiger partial charge in [0.2, 0.25) is 0 Å². The van der Waals surface area contributed by atoms with Gasteiger partial charge in [0.1, 0.15) is 0 Å². The Balaban J connectivity index is 1.84. The molecule has 23 heavy (non-hydrogen) atoms. The Morgan fingerprint density at radius 1 is 1.39 bits per heavy atom. The maximum absolute atomic E-state index is 12.2. The molecule has 0 bridgehead atoms. The van der Waals surface area contributed by atoms with Crippen LogP contribution >= 0.6 is 11.6 Å². The van der Waals surface area contributed by atoms with Gasteiger partial charge < -0.3 is 15.3 Å². The molecule has 2 rings (SSSR count). The van der Waals surface area contributed by atoms with E-state index in [0.29, 0.717) is 19.5 Å². The second kappa shape index (κ2) is 7.68. The molecule has 2 unspecified atom stereocenters. The highest BCUT2D eigenvalue weighted by molar-refractivity contribution is 6.31. The minimum atomic E-state index is -0.828. The molecule has 0 spiro atoms. The fourth-order valence-corrected chi connectivity index (χ4v) is 3.10. The molecular formula is C17H23ClN2O3. The number of nitrogens with zero attached hydrogens (tertiary/aromatic N) is 1. The summed E-state index contributed by atoms with van der Waals surface area (Å²) in [6.45, 7) is 5.33. The van der Waals surface area contributed by atoms with Crippen LogP contribution in [-0.2, 0) is 11.2 Å². The SMILES string of the molecule is Cc1cc(CCNC(=O)N2CC(C)CC(C(=O)O)C2)ccc1Cl. The lowest BCUT2D eigenvalue weighted by Crippen LogP contribution is -2.49. The molecule has 2 N–H and O–H groups in total. The summed E-state index contributed by atoms with van der Waals surface area (Å²) < 4.78 is 0. The summed E-state index contributed by atoms with van der Waals surface area (Å²) in [4.78, 5) is 25.0. The third-order valence-corrected chi connectivity index (χ3v) is 4.63. The Morgan fingerprint density at radius 3 is 2.78 bits per heavy atom. The Morgan fingerprint density at radius 2 is 2.13 bits per heavy atom. The van der Waals surface area contributed by atoms with Gasteiger partial charge in [-0.1, -0.05) is 30.7 Å². The van der Waals surface area contributed by atoms with E-state index in [2.05, 4.69) is 5.32 Å². The molecule has 2 atom stereocenters. The van der Waals surface area contributed by atoms with Crippen molar-refractivity contribution in [3.8, 4) is 0 Å². The van der Waals surface area contributed by atoms with Crippen molar-refractivity contribution >= 4 is 23.6 Å². The summed E-state index contributed by atoms with van der Waals surface area (Å²) in [5, 5.41) is 12.8. The maximum atomic E-state index is 12.2. The Hall–Kier alpha value is -1.75. The van der Waals surface area contributed by atoms with Crippen molar-refractivity contribution in [3.05, 3.63) is 34.3 Å². The van der Waals surface area contributed by atoms with E-state index in [1.54, 1.807) is 4.90 Å². The predicted octanol–water partition coefficient (Wildman–Crippen LogP) is 2.94. The molecule has 1 heterocycles. The summed E-state index contributed by atoms with van der Waals surface area (Å²) >= 11 is 6.00. The lowest BCUT2D eigenvalue weighted by atomic mass is 9.91. The smallest absolute Gasteiger partial charge is 0.317 e. The van der Waals surface area contributed by atoms with Crippen LogP contribution in [0.15, 0.2) is 18.2 Å². The maximum Gasteiger partial charge on any atom is 0.317 e. The Labute approximate surface area is 141 Å². The van der Waals surface area contributed by atoms with Crippen LogP contribution in [0, 0.1) is 18.8 Å². The third kappa shape index (κ3) is 4.86. The predicted molar refractivity (Wildman–Crippen MR) is 89.8 cm³/mol. The molecule has 1 fully saturated rings. The van der Waals surface area contributed by atoms with Crippen molar-refractivity contribution in [3.63, 3.8) is 0 Å². The first-order valence-corrected chi connectivity index (χ1v) is 8.25. The van der Waals surface area contributed by atoms with Crippen molar-refractivity contribution in [2.24, 2.45) is 11.8 Å². The molecule has 1 saturated heterocycles. The number of carbonyl (C=O) groups is 2. The Bertz CT molecular complexity index is 591. The zero-order valence-electron chi connectivity index (χ0n) is 13.5. The van der Waals surface area contributed by atoms with Gasteiger partial charge in [0.05, 0.1) is 5.92 Å². The number of likely N-dealkylation sites (tertiary alicyclic amines) is 1. The van der Waals surface area contributed by atoms with Crippen LogP contribution in [0.5, 0.6) is 0 Å². The van der Waals surface area contributed by atoms with Crippen molar-refractivity contribution in [2.75, 3.05) is 19.6 Å². The number of amides is 2. The molecule has 126 valence electrons. The fourth-order valence-electron chi connectivity index (χ4n) is 2.98. The Kier molecular flexibility index (Phi) is 5.88. The van der Waals surface area contributed by atoms with Crippen molar-refractivity contribution in [1.29, 1.82) is 0 Å². The number of urea groups is 1. The number of aryl methyl sites for hydroxylation is 1. The molecule has 2 amide bonds. The number of hydrogen-bond donors (Lipinski definition) is 2. The van der Waals surface area contributed by atoms with Gasteiger partial charge in [-0.05, 0) is 42.9 Å². The number of hydrogen-bond acceptors (Lipinski definition) is 2. The zero-order chi connectivity index (χ0) is 17.0. The second-order valence-electron chi connectivity index (χ2n) is 6.35. The summed E-state index contributed by atoms with van der Waals surface area (Å²) in [6.07, 6.45) is 1.35. The normalized spacial score (nSPS) is 21.1. The first-order valence-electron chi connectivity index (χ1n) is 7.87. The van der Waals surface area contributed by atoms with Gasteiger partial charge in [-0.3, -0.25) is 4.79 Å². The molecule has 0 saturated carbocycles. The number of piperidine rings is 1. The summed E-state index contributed by atoms with van der Waals surface area (Å²) in [6, 6.07) is 5.63. The first-order chi connectivity index (χ1) is 10.9. The van der Waals surface area contributed by atoms with Crippen LogP contribution in [0.3, 0.4) is 0 Å². The average molecular weight is 339 g/mol. The first kappa shape index (κ1) is 17.6. The molecule has 0 aromatic heterocycles. The number of carbonyl (C=O) groups excluding carboxylic acids is 1. The van der Waals surface area contributed by atoms with Crippen LogP contribution in [0.4, 0.5) is 4.79 Å². The van der Waals surface area contributed by atoms with Crippen molar-refractivity contribution in [1.82, 2.24) is 10.2 Å². The minimum Gasteiger partial charge on any atom is -0.481 e. The highest BCUT2D eigenvalue weighted by Gasteiger charge is 2.31. The van der Waals surface area contributed by atoms with Crippen LogP contribution < -0.4 is 5.32 Å². The van der Waals surface area contributed by atoms with E-state index in [1.165, 1.54) is 0 Å². The molecule has 1 aromatic carbocycles. The average Bonchev–Trinajstić information content (AvgIpc) is 2.50. The van der Waals surface area contributed by atoms with E-state index < -0.39 is 11.9 Å². The number of halogens is 1. The van der Waals surface area contributed by atoms with E-state index in [0.717, 1.165) is 22.6 Å². The number of carboxylic acid groups (broad SMARTS) is 1. The summed E-state index contributed by atoms with van der Waals surface area (Å²) in [5.41, 5.74) is 2.13. The fraction of sp³-hybridized carbons (Fsp3) is 0.529. The minimum absolute atomic E-state index is 0.187. The molecule has 1 aromatic rings. The number of nitrogens with one attached hydrogen (secondary N) is 1. The van der Waals surface area contributed by atoms with E-state index in [1.807, 2.05) is 32.0 Å². The number of benzene rings is 1. The molecule has 1 aliphatic rings. The van der Waals surface area contributed by atoms with Crippen molar-refractivity contribution < 1.29 is 14.7 Å². The van der Waals surface area contributed by atoms with E-state index in [-0.39, 0.29) is 18.5 Å². The quantitative estimate of drug-likeness (QED) is 0.886. The number of carboxylic acids is 1. The van der Waals surface area contributed by atoms with Crippen LogP contribution in [0.25, 0.3) is 0 Å². The summed E-state index contributed by atoms with van der Waals surface area (Å²) in [7, 11) is 0. The van der Waals surface area contributed by atoms with Crippen LogP contribution in [0.1, 0.15) is 24.5 Å². The van der Waals surface area contributed by atoms with Gasteiger partial charge in [0.15, 0.2) is 0 Å². The molecule has 0 aliphatic carbocycles. The van der Waals surface area contributed by atoms with Crippen molar-refractivity contribution in [2.45, 2.75) is 26.7 Å². The van der Waals surface area contributed by atoms with Gasteiger partial charge >= 0.3 is 12.0 Å². The van der Waals surface area contributed by atoms with Gasteiger partial charge in [-0.2, -0.15) is 0 Å². The standard InChI is InChI=1S/C17H23ClN2O3/c1-11-7-14(16(21)22)10-20(9-11)17(23)19-6-5-13-3-4-15(18)12(2)8-13/h3-4,8,11,14H,5-7,9-10H2,1-2H3,(H,19,23)(H,21,22). The zero-order valence-corrected chi connectivity index (χ0v) is 14.3. The monoisotopic (exact) mass is 338 g/mol. The largest absolute Gasteiger partial charge is 0.481 e. The molecular weight excluding hydrogens is 316 g/mol. The number of aliphatic carboxylic acids is 1. The van der Waals surface area contributed by atoms with E-state index in [4.69, 9.17) is 16.7 Å². The van der Waals surface area contributed by atoms with E-state index in [9.17, 15) is 9.59 Å². The molecule has 0 radical (unpaired) electrons. The van der Waals surface area contributed by atoms with E-state index >= 15 is 0 Å². The van der Waals surface area contributed by atoms with Gasteiger partial charge in [-0.15, -0.1) is 0 Å². The van der Waals surface area contributed by atoms with Crippen LogP contribution in [0.2, 0.25) is 5.02 Å². The topological polar surface area (TPSA) is 69.6 Å². The molecule has 5 nitrogen and oxygen atoms in total. The molecule has 1 aliphatic heterocycles. The third-order valence-electron chi connectivity index (χ3n) is 4.21. The van der Waals surface area contributed by atoms with Gasteiger partial charge in [0, 0.05) is 24.7 Å². The lowest BCUT2D eigenvalue weighted by molar-refractivity contribution is -0.143. The highest BCUT2D eigenvalue weighted by Crippen LogP contribution is 2.21. The highest BCUT2D eigenvalue weighted by atomic mass is 35.5. The molecule has 6 heteroatoms. The number of rotatable bonds is 4. The summed E-state index contributed by atoms with van der Waals surface area (Å²) in [5.74, 6) is -1.09. The van der Waals surface area contributed by atoms with Crippen LogP contribution in [-0.4, -0.2) is 41.6 Å². The van der Waals surface area contributed by atoms with Gasteiger partial charge in [0.25, 0.3) is 0 Å². The second-order valence-corrected chi connectivity index (χ2v) is 6.75. The lowest BCUT2D eigenvalue weighted by Gasteiger charge is -2.34.